The molecule has 2 aromatic carbocycles. The maximum atomic E-state index is 15.3. The van der Waals surface area contributed by atoms with Gasteiger partial charge in [-0.1, -0.05) is 12.1 Å². The maximum Gasteiger partial charge on any atom is 0.335 e. The van der Waals surface area contributed by atoms with Crippen LogP contribution in [0.2, 0.25) is 0 Å². The predicted octanol–water partition coefficient (Wildman–Crippen LogP) is 6.22. The Bertz CT molecular complexity index is 1740. The summed E-state index contributed by atoms with van der Waals surface area (Å²) in [6.07, 6.45) is -1.46. The Morgan fingerprint density at radius 3 is 2.57 bits per heavy atom. The zero-order valence-electron chi connectivity index (χ0n) is 22.2. The molecule has 0 amide bonds. The highest BCUT2D eigenvalue weighted by atomic mass is 19.3. The van der Waals surface area contributed by atoms with Crippen LogP contribution >= 0.6 is 0 Å². The number of hydrogen-bond acceptors (Lipinski definition) is 6. The van der Waals surface area contributed by atoms with Gasteiger partial charge >= 0.3 is 5.97 Å². The number of halogens is 4. The smallest absolute Gasteiger partial charge is 0.335 e. The monoisotopic (exact) mass is 580 g/mol. The molecule has 5 rings (SSSR count). The first kappa shape index (κ1) is 28.7. The van der Waals surface area contributed by atoms with Crippen LogP contribution in [-0.4, -0.2) is 44.3 Å². The van der Waals surface area contributed by atoms with Crippen molar-refractivity contribution in [2.45, 2.75) is 26.0 Å². The minimum Gasteiger partial charge on any atom is -0.478 e. The number of carbonyl (C=O) groups is 1. The van der Waals surface area contributed by atoms with E-state index in [1.165, 1.54) is 49.7 Å². The van der Waals surface area contributed by atoms with E-state index in [-0.39, 0.29) is 47.0 Å². The topological polar surface area (TPSA) is 99.4 Å². The Kier molecular flexibility index (Phi) is 8.43. The first-order valence-electron chi connectivity index (χ1n) is 12.8. The summed E-state index contributed by atoms with van der Waals surface area (Å²) in [6, 6.07) is 13.9. The number of carboxylic acid groups (broad SMARTS) is 1. The fourth-order valence-electron chi connectivity index (χ4n) is 4.42. The number of aromatic nitrogens is 4. The maximum absolute atomic E-state index is 15.3. The number of carboxylic acids is 1. The molecule has 12 heteroatoms. The molecule has 0 unspecified atom stereocenters. The molecule has 3 heterocycles. The van der Waals surface area contributed by atoms with Gasteiger partial charge < -0.3 is 19.1 Å². The van der Waals surface area contributed by atoms with Crippen molar-refractivity contribution in [1.82, 2.24) is 19.5 Å². The summed E-state index contributed by atoms with van der Waals surface area (Å²) >= 11 is 0. The number of nitrogens with zero attached hydrogens (tertiary/aromatic N) is 4. The van der Waals surface area contributed by atoms with E-state index in [0.717, 1.165) is 12.1 Å². The number of methoxy groups -OCH3 is 1. The summed E-state index contributed by atoms with van der Waals surface area (Å²) < 4.78 is 68.6. The summed E-state index contributed by atoms with van der Waals surface area (Å²) in [4.78, 5) is 24.0. The Morgan fingerprint density at radius 2 is 1.86 bits per heavy atom. The number of fused-ring (bicyclic) bond motifs is 1. The van der Waals surface area contributed by atoms with Crippen LogP contribution < -0.4 is 4.74 Å². The van der Waals surface area contributed by atoms with Gasteiger partial charge in [-0.3, -0.25) is 4.98 Å². The molecule has 0 aliphatic rings. The van der Waals surface area contributed by atoms with Gasteiger partial charge in [0.25, 0.3) is 6.43 Å². The van der Waals surface area contributed by atoms with Crippen molar-refractivity contribution in [1.29, 1.82) is 0 Å². The lowest BCUT2D eigenvalue weighted by Crippen LogP contribution is -2.10. The van der Waals surface area contributed by atoms with Crippen LogP contribution in [0.25, 0.3) is 22.3 Å². The minimum absolute atomic E-state index is 0.0131. The van der Waals surface area contributed by atoms with E-state index in [4.69, 9.17) is 9.47 Å². The van der Waals surface area contributed by atoms with Crippen molar-refractivity contribution in [2.75, 3.05) is 13.7 Å². The molecule has 3 aromatic heterocycles. The number of alkyl halides is 2. The Morgan fingerprint density at radius 1 is 1.02 bits per heavy atom. The predicted molar refractivity (Wildman–Crippen MR) is 144 cm³/mol. The molecular formula is C30H24F4N4O4. The highest BCUT2D eigenvalue weighted by Crippen LogP contribution is 2.28. The highest BCUT2D eigenvalue weighted by Gasteiger charge is 2.18. The Labute approximate surface area is 237 Å². The molecular weight excluding hydrogens is 556 g/mol. The Balaban J connectivity index is 1.38. The zero-order valence-corrected chi connectivity index (χ0v) is 22.2. The minimum atomic E-state index is -2.68. The highest BCUT2D eigenvalue weighted by molar-refractivity contribution is 5.92. The van der Waals surface area contributed by atoms with Crippen LogP contribution in [0.15, 0.2) is 66.9 Å². The van der Waals surface area contributed by atoms with Gasteiger partial charge in [0, 0.05) is 43.5 Å². The average Bonchev–Trinajstić information content (AvgIpc) is 3.32. The summed E-state index contributed by atoms with van der Waals surface area (Å²) in [5.41, 5.74) is 1.43. The number of rotatable bonds is 11. The molecule has 0 saturated heterocycles. The van der Waals surface area contributed by atoms with Crippen LogP contribution in [0.4, 0.5) is 17.6 Å². The first-order valence-corrected chi connectivity index (χ1v) is 12.8. The first-order chi connectivity index (χ1) is 20.2. The van der Waals surface area contributed by atoms with Gasteiger partial charge in [0.15, 0.2) is 0 Å². The quantitative estimate of drug-likeness (QED) is 0.185. The number of benzene rings is 2. The lowest BCUT2D eigenvalue weighted by atomic mass is 10.0. The molecule has 0 aliphatic carbocycles. The van der Waals surface area contributed by atoms with Gasteiger partial charge in [-0.2, -0.15) is 0 Å². The van der Waals surface area contributed by atoms with Gasteiger partial charge in [0.2, 0.25) is 5.88 Å². The van der Waals surface area contributed by atoms with Crippen LogP contribution in [0.1, 0.15) is 39.4 Å². The summed E-state index contributed by atoms with van der Waals surface area (Å²) in [7, 11) is 1.52. The van der Waals surface area contributed by atoms with Crippen molar-refractivity contribution in [3.8, 4) is 17.1 Å². The summed E-state index contributed by atoms with van der Waals surface area (Å²) in [5.74, 6) is -1.94. The van der Waals surface area contributed by atoms with Gasteiger partial charge in [-0.05, 0) is 48.0 Å². The van der Waals surface area contributed by atoms with Gasteiger partial charge in [0.1, 0.15) is 29.8 Å². The molecule has 216 valence electrons. The van der Waals surface area contributed by atoms with Crippen molar-refractivity contribution >= 4 is 17.0 Å². The fraction of sp³-hybridized carbons (Fsp3) is 0.200. The number of imidazole rings is 1. The number of hydrogen-bond donors (Lipinski definition) is 1. The average molecular weight is 581 g/mol. The molecule has 8 nitrogen and oxygen atoms in total. The van der Waals surface area contributed by atoms with Crippen molar-refractivity contribution in [2.24, 2.45) is 0 Å². The standard InChI is InChI=1S/C30H24F4N4O4/c1-41-10-9-38-26-12-18(30(39)40)6-8-24(26)36-27(38)13-19-11-22(32)20(14-21(19)31)23-3-2-4-28(37-23)42-16-17-5-7-25(29(33)34)35-15-17/h2-8,11-12,14-15,29H,9-10,13,16H2,1H3,(H,39,40). The van der Waals surface area contributed by atoms with E-state index in [0.29, 0.717) is 35.6 Å². The second kappa shape index (κ2) is 12.4. The van der Waals surface area contributed by atoms with E-state index < -0.39 is 24.0 Å². The third-order valence-electron chi connectivity index (χ3n) is 6.54. The molecule has 42 heavy (non-hydrogen) atoms. The lowest BCUT2D eigenvalue weighted by molar-refractivity contribution is 0.0697. The van der Waals surface area contributed by atoms with E-state index in [9.17, 15) is 18.7 Å². The van der Waals surface area contributed by atoms with Crippen LogP contribution in [0.3, 0.4) is 0 Å². The Hall–Kier alpha value is -4.84. The summed E-state index contributed by atoms with van der Waals surface area (Å²) in [6.45, 7) is 0.616. The SMILES string of the molecule is COCCn1c(Cc2cc(F)c(-c3cccc(OCc4ccc(C(F)F)nc4)n3)cc2F)nc2ccc(C(=O)O)cc21. The molecule has 0 saturated carbocycles. The third kappa shape index (κ3) is 6.23. The molecule has 0 aliphatic heterocycles. The second-order valence-corrected chi connectivity index (χ2v) is 9.32. The second-order valence-electron chi connectivity index (χ2n) is 9.32. The van der Waals surface area contributed by atoms with Gasteiger partial charge in [-0.15, -0.1) is 0 Å². The van der Waals surface area contributed by atoms with E-state index in [1.54, 1.807) is 16.7 Å². The number of ether oxygens (including phenoxy) is 2. The van der Waals surface area contributed by atoms with E-state index >= 15 is 8.78 Å². The molecule has 0 spiro atoms. The summed E-state index contributed by atoms with van der Waals surface area (Å²) in [5, 5.41) is 9.38. The van der Waals surface area contributed by atoms with Crippen molar-refractivity contribution < 1.29 is 36.9 Å². The molecule has 0 radical (unpaired) electrons. The molecule has 0 bridgehead atoms. The van der Waals surface area contributed by atoms with Crippen LogP contribution in [0.5, 0.6) is 5.88 Å². The molecule has 5 aromatic rings. The van der Waals surface area contributed by atoms with Crippen LogP contribution in [0, 0.1) is 11.6 Å². The van der Waals surface area contributed by atoms with Crippen molar-refractivity contribution in [3.63, 3.8) is 0 Å². The largest absolute Gasteiger partial charge is 0.478 e. The van der Waals surface area contributed by atoms with Crippen LogP contribution in [-0.2, 0) is 24.3 Å². The molecule has 0 atom stereocenters. The lowest BCUT2D eigenvalue weighted by Gasteiger charge is -2.12. The molecule has 0 fully saturated rings. The normalized spacial score (nSPS) is 11.4. The van der Waals surface area contributed by atoms with Gasteiger partial charge in [0.05, 0.1) is 28.9 Å². The zero-order chi connectivity index (χ0) is 29.8. The van der Waals surface area contributed by atoms with E-state index in [2.05, 4.69) is 15.0 Å². The fourth-order valence-corrected chi connectivity index (χ4v) is 4.42. The van der Waals surface area contributed by atoms with E-state index in [1.807, 2.05) is 0 Å². The van der Waals surface area contributed by atoms with Gasteiger partial charge in [-0.25, -0.2) is 32.3 Å². The number of aromatic carboxylic acids is 1. The number of pyridine rings is 2. The molecule has 1 N–H and O–H groups in total. The third-order valence-corrected chi connectivity index (χ3v) is 6.54. The van der Waals surface area contributed by atoms with Crippen molar-refractivity contribution in [3.05, 3.63) is 107 Å².